The highest BCUT2D eigenvalue weighted by Gasteiger charge is 2.40. The van der Waals surface area contributed by atoms with Crippen molar-refractivity contribution in [3.05, 3.63) is 54.6 Å². The molecule has 0 radical (unpaired) electrons. The number of amides is 2. The van der Waals surface area contributed by atoms with E-state index in [1.807, 2.05) is 31.2 Å². The van der Waals surface area contributed by atoms with Gasteiger partial charge in [0, 0.05) is 35.9 Å². The number of urea groups is 1. The molecule has 2 amide bonds. The monoisotopic (exact) mass is 412 g/mol. The summed E-state index contributed by atoms with van der Waals surface area (Å²) in [5, 5.41) is 10.7. The number of hydrogen-bond donors (Lipinski definition) is 2. The number of aromatic amines is 1. The van der Waals surface area contributed by atoms with Crippen LogP contribution in [-0.4, -0.2) is 50.3 Å². The van der Waals surface area contributed by atoms with E-state index in [9.17, 15) is 4.79 Å². The fourth-order valence-corrected chi connectivity index (χ4v) is 4.42. The van der Waals surface area contributed by atoms with Crippen LogP contribution in [0, 0.1) is 6.92 Å². The fraction of sp³-hybridized carbons (Fsp3) is 0.227. The Hall–Kier alpha value is -4.01. The van der Waals surface area contributed by atoms with Crippen LogP contribution in [0.15, 0.2) is 48.9 Å². The van der Waals surface area contributed by atoms with Gasteiger partial charge >= 0.3 is 6.03 Å². The van der Waals surface area contributed by atoms with Gasteiger partial charge < -0.3 is 4.90 Å². The van der Waals surface area contributed by atoms with Crippen molar-refractivity contribution in [2.75, 3.05) is 28.2 Å². The van der Waals surface area contributed by atoms with Crippen LogP contribution in [0.1, 0.15) is 12.1 Å². The highest BCUT2D eigenvalue weighted by atomic mass is 16.2. The number of fused-ring (bicyclic) bond motifs is 5. The van der Waals surface area contributed by atoms with E-state index >= 15 is 0 Å². The Morgan fingerprint density at radius 1 is 1.19 bits per heavy atom. The van der Waals surface area contributed by atoms with E-state index in [4.69, 9.17) is 4.98 Å². The van der Waals surface area contributed by atoms with Crippen LogP contribution in [0.4, 0.5) is 22.1 Å². The predicted molar refractivity (Wildman–Crippen MR) is 118 cm³/mol. The van der Waals surface area contributed by atoms with Crippen LogP contribution >= 0.6 is 0 Å². The van der Waals surface area contributed by atoms with Crippen molar-refractivity contribution in [2.24, 2.45) is 0 Å². The molecule has 9 heteroatoms. The molecule has 6 rings (SSSR count). The largest absolute Gasteiger partial charge is 0.366 e. The molecule has 0 spiro atoms. The highest BCUT2D eigenvalue weighted by Crippen LogP contribution is 2.40. The van der Waals surface area contributed by atoms with E-state index in [0.717, 1.165) is 53.1 Å². The molecule has 31 heavy (non-hydrogen) atoms. The van der Waals surface area contributed by atoms with Gasteiger partial charge in [0.15, 0.2) is 5.82 Å². The summed E-state index contributed by atoms with van der Waals surface area (Å²) in [7, 11) is 0. The van der Waals surface area contributed by atoms with E-state index in [1.54, 1.807) is 23.5 Å². The molecule has 4 aromatic heterocycles. The highest BCUT2D eigenvalue weighted by molar-refractivity contribution is 6.05. The number of aromatic nitrogens is 5. The Kier molecular flexibility index (Phi) is 3.89. The molecule has 2 aliphatic rings. The van der Waals surface area contributed by atoms with E-state index in [-0.39, 0.29) is 12.1 Å². The van der Waals surface area contributed by atoms with Crippen molar-refractivity contribution in [1.29, 1.82) is 0 Å². The summed E-state index contributed by atoms with van der Waals surface area (Å²) in [6, 6.07) is 9.67. The van der Waals surface area contributed by atoms with Gasteiger partial charge in [-0.1, -0.05) is 0 Å². The Labute approximate surface area is 178 Å². The summed E-state index contributed by atoms with van der Waals surface area (Å²) in [6.07, 6.45) is 6.06. The smallest absolute Gasteiger partial charge is 0.329 e. The third kappa shape index (κ3) is 2.97. The van der Waals surface area contributed by atoms with Crippen molar-refractivity contribution in [3.8, 4) is 11.3 Å². The first-order chi connectivity index (χ1) is 15.2. The number of pyridine rings is 3. The molecule has 0 saturated carbocycles. The van der Waals surface area contributed by atoms with Crippen molar-refractivity contribution < 1.29 is 4.79 Å². The van der Waals surface area contributed by atoms with Crippen LogP contribution in [-0.2, 0) is 0 Å². The Bertz CT molecular complexity index is 1320. The minimum atomic E-state index is -0.223. The number of H-pyrrole nitrogens is 1. The Morgan fingerprint density at radius 2 is 2.13 bits per heavy atom. The molecule has 2 N–H and O–H groups in total. The molecule has 2 bridgehead atoms. The molecule has 1 fully saturated rings. The standard InChI is InChI=1S/C22H20N8O/c1-13-8-14(4-6-23-13)17-2-3-19-21(26-17)30(16-5-7-29(19)12-16)22(31)27-20-9-15-10-25-28-18(15)11-24-20/h2-4,6,8-11,16H,5,7,12H2,1H3,(H,25,28)(H,24,27,31)/t16-/m0/s1. The third-order valence-electron chi connectivity index (χ3n) is 5.92. The van der Waals surface area contributed by atoms with E-state index in [2.05, 4.69) is 36.4 Å². The first-order valence-corrected chi connectivity index (χ1v) is 10.2. The van der Waals surface area contributed by atoms with Gasteiger partial charge in [0.05, 0.1) is 35.3 Å². The number of nitrogens with one attached hydrogen (secondary N) is 2. The second-order valence-corrected chi connectivity index (χ2v) is 7.94. The van der Waals surface area contributed by atoms with Crippen LogP contribution < -0.4 is 15.1 Å². The minimum absolute atomic E-state index is 0.0760. The predicted octanol–water partition coefficient (Wildman–Crippen LogP) is 3.35. The van der Waals surface area contributed by atoms with Gasteiger partial charge in [-0.25, -0.2) is 14.8 Å². The first-order valence-electron chi connectivity index (χ1n) is 10.2. The van der Waals surface area contributed by atoms with Crippen molar-refractivity contribution >= 4 is 34.3 Å². The van der Waals surface area contributed by atoms with Crippen LogP contribution in [0.3, 0.4) is 0 Å². The number of nitrogens with zero attached hydrogens (tertiary/aromatic N) is 6. The quantitative estimate of drug-likeness (QED) is 0.523. The molecule has 4 aromatic rings. The molecule has 2 aliphatic heterocycles. The zero-order valence-electron chi connectivity index (χ0n) is 16.9. The van der Waals surface area contributed by atoms with Crippen LogP contribution in [0.2, 0.25) is 0 Å². The summed E-state index contributed by atoms with van der Waals surface area (Å²) in [4.78, 5) is 31.0. The van der Waals surface area contributed by atoms with Gasteiger partial charge in [0.1, 0.15) is 5.82 Å². The summed E-state index contributed by atoms with van der Waals surface area (Å²) in [6.45, 7) is 3.68. The van der Waals surface area contributed by atoms with Gasteiger partial charge in [-0.2, -0.15) is 5.10 Å². The lowest BCUT2D eigenvalue weighted by Crippen LogP contribution is -2.48. The fourth-order valence-electron chi connectivity index (χ4n) is 4.42. The third-order valence-corrected chi connectivity index (χ3v) is 5.92. The lowest BCUT2D eigenvalue weighted by atomic mass is 10.1. The van der Waals surface area contributed by atoms with Gasteiger partial charge in [-0.15, -0.1) is 0 Å². The van der Waals surface area contributed by atoms with Gasteiger partial charge in [0.25, 0.3) is 0 Å². The molecule has 9 nitrogen and oxygen atoms in total. The number of carbonyl (C=O) groups excluding carboxylic acids is 1. The summed E-state index contributed by atoms with van der Waals surface area (Å²) < 4.78 is 0. The van der Waals surface area contributed by atoms with Crippen LogP contribution in [0.25, 0.3) is 22.2 Å². The Balaban J connectivity index is 1.38. The Morgan fingerprint density at radius 3 is 3.03 bits per heavy atom. The average molecular weight is 412 g/mol. The van der Waals surface area contributed by atoms with E-state index in [0.29, 0.717) is 11.6 Å². The van der Waals surface area contributed by atoms with E-state index < -0.39 is 0 Å². The van der Waals surface area contributed by atoms with Gasteiger partial charge in [-0.3, -0.25) is 20.3 Å². The summed E-state index contributed by atoms with van der Waals surface area (Å²) in [5.74, 6) is 1.17. The molecule has 1 saturated heterocycles. The lowest BCUT2D eigenvalue weighted by Gasteiger charge is -2.35. The molecular weight excluding hydrogens is 392 g/mol. The number of rotatable bonds is 2. The molecule has 1 atom stereocenters. The van der Waals surface area contributed by atoms with Gasteiger partial charge in [0.2, 0.25) is 0 Å². The van der Waals surface area contributed by atoms with Crippen molar-refractivity contribution in [3.63, 3.8) is 0 Å². The summed E-state index contributed by atoms with van der Waals surface area (Å²) in [5.41, 5.74) is 4.54. The zero-order valence-corrected chi connectivity index (χ0v) is 16.9. The topological polar surface area (TPSA) is 103 Å². The van der Waals surface area contributed by atoms with E-state index in [1.165, 1.54) is 0 Å². The lowest BCUT2D eigenvalue weighted by molar-refractivity contribution is 0.254. The first kappa shape index (κ1) is 17.8. The molecule has 0 aliphatic carbocycles. The molecular formula is C22H20N8O. The number of aryl methyl sites for hydroxylation is 1. The molecule has 154 valence electrons. The zero-order chi connectivity index (χ0) is 20.9. The SMILES string of the molecule is Cc1cc(-c2ccc3c(n2)N(C(=O)Nc2cc4cn[nH]c4cn2)[C@H]2CCN3C2)ccn1. The number of carbonyl (C=O) groups is 1. The average Bonchev–Trinajstić information content (AvgIpc) is 3.41. The maximum atomic E-state index is 13.4. The number of hydrogen-bond acceptors (Lipinski definition) is 6. The normalized spacial score (nSPS) is 17.1. The maximum absolute atomic E-state index is 13.4. The van der Waals surface area contributed by atoms with Gasteiger partial charge in [-0.05, 0) is 43.7 Å². The number of anilines is 3. The summed E-state index contributed by atoms with van der Waals surface area (Å²) >= 11 is 0. The second-order valence-electron chi connectivity index (χ2n) is 7.94. The maximum Gasteiger partial charge on any atom is 0.329 e. The van der Waals surface area contributed by atoms with Crippen molar-refractivity contribution in [2.45, 2.75) is 19.4 Å². The second kappa shape index (κ2) is 6.76. The molecule has 6 heterocycles. The minimum Gasteiger partial charge on any atom is -0.366 e. The molecule has 0 aromatic carbocycles. The van der Waals surface area contributed by atoms with Crippen LogP contribution in [0.5, 0.6) is 0 Å². The van der Waals surface area contributed by atoms with Crippen molar-refractivity contribution in [1.82, 2.24) is 25.1 Å². The molecule has 0 unspecified atom stereocenters.